The molecule has 0 rings (SSSR count). The molecule has 0 spiro atoms. The highest BCUT2D eigenvalue weighted by Gasteiger charge is 2.25. The Morgan fingerprint density at radius 2 is 0.590 bits per heavy atom. The Kier molecular flexibility index (Phi) is 51.9. The molecule has 488 valence electrons. The van der Waals surface area contributed by atoms with Crippen molar-refractivity contribution in [3.63, 3.8) is 0 Å². The Morgan fingerprint density at radius 1 is 0.313 bits per heavy atom. The van der Waals surface area contributed by atoms with Crippen LogP contribution < -0.4 is 0 Å². The summed E-state index contributed by atoms with van der Waals surface area (Å²) in [5.74, 6) is -1.51. The van der Waals surface area contributed by atoms with Gasteiger partial charge in [0.1, 0.15) is 38.5 Å². The second-order valence-electron chi connectivity index (χ2n) is 25.3. The Bertz CT molecular complexity index is 1600. The van der Waals surface area contributed by atoms with Crippen LogP contribution in [0.4, 0.5) is 0 Å². The van der Waals surface area contributed by atoms with E-state index in [1.54, 1.807) is 0 Å². The number of rotatable bonds is 60. The number of hydrogen-bond acceptors (Lipinski definition) is 14. The standard InChI is InChI=1S/C67H128N2O14/c1-9-12-32-44-60(82-66(76)50-40-48-64(74)80-56-52-68(4,5)6)58(70)42-34-26-20-14-16-22-28-36-46-62(72)78-54-38-30-24-18-19-25-31-39-55-79-63(73)47-37-29-23-17-15-21-27-35-43-59(71)61(45-33-13-10-2)83-67(77)51-41-49-65(75)81-57-53-69(7,8)11-3/h58-61,70-71H,9-57H2,1-8H3/q+2. The third-order valence-electron chi connectivity index (χ3n) is 15.8. The molecule has 0 aromatic heterocycles. The van der Waals surface area contributed by atoms with Crippen LogP contribution in [0.25, 0.3) is 0 Å². The lowest BCUT2D eigenvalue weighted by Crippen LogP contribution is -2.42. The highest BCUT2D eigenvalue weighted by atomic mass is 16.6. The van der Waals surface area contributed by atoms with Gasteiger partial charge in [-0.05, 0) is 84.0 Å². The fourth-order valence-electron chi connectivity index (χ4n) is 9.72. The van der Waals surface area contributed by atoms with Gasteiger partial charge in [-0.1, -0.05) is 168 Å². The number of ether oxygens (including phenoxy) is 6. The van der Waals surface area contributed by atoms with Crippen molar-refractivity contribution in [2.24, 2.45) is 0 Å². The van der Waals surface area contributed by atoms with E-state index in [1.165, 1.54) is 0 Å². The lowest BCUT2D eigenvalue weighted by atomic mass is 9.99. The number of esters is 6. The predicted molar refractivity (Wildman–Crippen MR) is 331 cm³/mol. The Labute approximate surface area is 506 Å². The Hall–Kier alpha value is -3.34. The number of aliphatic hydroxyl groups is 2. The van der Waals surface area contributed by atoms with Crippen molar-refractivity contribution >= 4 is 35.8 Å². The van der Waals surface area contributed by atoms with E-state index in [-0.39, 0.29) is 61.5 Å². The van der Waals surface area contributed by atoms with Crippen LogP contribution in [0.2, 0.25) is 0 Å². The van der Waals surface area contributed by atoms with E-state index in [0.29, 0.717) is 82.3 Å². The minimum atomic E-state index is -0.685. The molecule has 0 aliphatic carbocycles. The van der Waals surface area contributed by atoms with E-state index in [2.05, 4.69) is 34.9 Å². The fourth-order valence-corrected chi connectivity index (χ4v) is 9.72. The third kappa shape index (κ3) is 53.8. The fraction of sp³-hybridized carbons (Fsp3) is 0.910. The van der Waals surface area contributed by atoms with Crippen molar-refractivity contribution in [3.8, 4) is 0 Å². The maximum atomic E-state index is 12.6. The molecule has 16 nitrogen and oxygen atoms in total. The van der Waals surface area contributed by atoms with E-state index in [9.17, 15) is 39.0 Å². The molecular weight excluding hydrogens is 1060 g/mol. The van der Waals surface area contributed by atoms with Gasteiger partial charge < -0.3 is 47.6 Å². The molecule has 0 fully saturated rings. The molecule has 83 heavy (non-hydrogen) atoms. The van der Waals surface area contributed by atoms with Gasteiger partial charge in [0.2, 0.25) is 0 Å². The van der Waals surface area contributed by atoms with Crippen molar-refractivity contribution in [1.29, 1.82) is 0 Å². The summed E-state index contributed by atoms with van der Waals surface area (Å²) in [6.07, 6.45) is 33.3. The van der Waals surface area contributed by atoms with Gasteiger partial charge in [0.25, 0.3) is 0 Å². The normalized spacial score (nSPS) is 13.2. The highest BCUT2D eigenvalue weighted by molar-refractivity contribution is 5.73. The van der Waals surface area contributed by atoms with Gasteiger partial charge in [-0.2, -0.15) is 0 Å². The molecule has 0 aromatic carbocycles. The molecule has 0 amide bonds. The predicted octanol–water partition coefficient (Wildman–Crippen LogP) is 13.9. The summed E-state index contributed by atoms with van der Waals surface area (Å²) in [6, 6.07) is 0. The van der Waals surface area contributed by atoms with E-state index >= 15 is 0 Å². The highest BCUT2D eigenvalue weighted by Crippen LogP contribution is 2.21. The first-order valence-electron chi connectivity index (χ1n) is 33.8. The summed E-state index contributed by atoms with van der Waals surface area (Å²) < 4.78 is 34.5. The summed E-state index contributed by atoms with van der Waals surface area (Å²) in [4.78, 5) is 73.8. The molecule has 16 heteroatoms. The zero-order valence-electron chi connectivity index (χ0n) is 54.6. The number of carbonyl (C=O) groups is 6. The van der Waals surface area contributed by atoms with Crippen molar-refractivity contribution < 1.29 is 76.4 Å². The first-order chi connectivity index (χ1) is 39.8. The molecule has 0 saturated heterocycles. The summed E-state index contributed by atoms with van der Waals surface area (Å²) >= 11 is 0. The van der Waals surface area contributed by atoms with Gasteiger partial charge in [-0.3, -0.25) is 28.8 Å². The van der Waals surface area contributed by atoms with Crippen LogP contribution in [0.5, 0.6) is 0 Å². The Morgan fingerprint density at radius 3 is 0.928 bits per heavy atom. The van der Waals surface area contributed by atoms with E-state index in [0.717, 1.165) is 217 Å². The van der Waals surface area contributed by atoms with Crippen LogP contribution in [0.15, 0.2) is 0 Å². The van der Waals surface area contributed by atoms with Crippen LogP contribution in [-0.4, -0.2) is 161 Å². The third-order valence-corrected chi connectivity index (χ3v) is 15.8. The van der Waals surface area contributed by atoms with Crippen molar-refractivity contribution in [2.45, 2.75) is 315 Å². The molecule has 0 radical (unpaired) electrons. The van der Waals surface area contributed by atoms with Crippen LogP contribution in [0.1, 0.15) is 290 Å². The van der Waals surface area contributed by atoms with Gasteiger partial charge >= 0.3 is 35.8 Å². The van der Waals surface area contributed by atoms with Gasteiger partial charge in [-0.25, -0.2) is 0 Å². The number of carbonyl (C=O) groups excluding carboxylic acids is 6. The van der Waals surface area contributed by atoms with Gasteiger partial charge in [0.05, 0.1) is 67.2 Å². The van der Waals surface area contributed by atoms with Crippen LogP contribution in [-0.2, 0) is 57.2 Å². The van der Waals surface area contributed by atoms with Crippen molar-refractivity contribution in [1.82, 2.24) is 0 Å². The summed E-state index contributed by atoms with van der Waals surface area (Å²) in [5, 5.41) is 21.9. The van der Waals surface area contributed by atoms with Crippen molar-refractivity contribution in [3.05, 3.63) is 0 Å². The average Bonchev–Trinajstić information content (AvgIpc) is 3.44. The monoisotopic (exact) mass is 1180 g/mol. The minimum Gasteiger partial charge on any atom is -0.466 e. The van der Waals surface area contributed by atoms with Gasteiger partial charge in [-0.15, -0.1) is 0 Å². The number of unbranched alkanes of at least 4 members (excludes halogenated alkanes) is 25. The zero-order chi connectivity index (χ0) is 61.7. The summed E-state index contributed by atoms with van der Waals surface area (Å²) in [5.41, 5.74) is 0. The minimum absolute atomic E-state index is 0.0958. The largest absolute Gasteiger partial charge is 0.466 e. The maximum Gasteiger partial charge on any atom is 0.306 e. The summed E-state index contributed by atoms with van der Waals surface area (Å²) in [6.45, 7) is 10.5. The maximum absolute atomic E-state index is 12.6. The molecule has 0 aromatic rings. The molecule has 2 N–H and O–H groups in total. The molecule has 4 unspecified atom stereocenters. The number of quaternary nitrogens is 2. The number of hydrogen-bond donors (Lipinski definition) is 2. The number of nitrogens with zero attached hydrogens (tertiary/aromatic N) is 2. The second kappa shape index (κ2) is 54.1. The van der Waals surface area contributed by atoms with E-state index in [4.69, 9.17) is 28.4 Å². The molecule has 0 bridgehead atoms. The quantitative estimate of drug-likeness (QED) is 0.0252. The second-order valence-corrected chi connectivity index (χ2v) is 25.3. The van der Waals surface area contributed by atoms with E-state index < -0.39 is 24.4 Å². The van der Waals surface area contributed by atoms with Crippen LogP contribution in [0.3, 0.4) is 0 Å². The first kappa shape index (κ1) is 79.7. The Balaban J connectivity index is 3.81. The molecule has 0 aliphatic heterocycles. The smallest absolute Gasteiger partial charge is 0.306 e. The van der Waals surface area contributed by atoms with Crippen molar-refractivity contribution in [2.75, 3.05) is 81.3 Å². The summed E-state index contributed by atoms with van der Waals surface area (Å²) in [7, 11) is 10.3. The van der Waals surface area contributed by atoms with E-state index in [1.807, 2.05) is 21.1 Å². The van der Waals surface area contributed by atoms with Crippen LogP contribution >= 0.6 is 0 Å². The lowest BCUT2D eigenvalue weighted by Gasteiger charge is -2.27. The zero-order valence-corrected chi connectivity index (χ0v) is 54.6. The average molecular weight is 1190 g/mol. The molecule has 0 aliphatic rings. The SMILES string of the molecule is CCCCCC(OC(=O)CCCC(=O)OCC[N+](C)(C)C)C(O)CCCCCCCCCCC(=O)OCCCCCCCCCCOC(=O)CCCCCCCCCCC(O)C(CCCCC)OC(=O)CCCC(=O)OCC[N+](C)(C)CC. The first-order valence-corrected chi connectivity index (χ1v) is 33.8. The number of aliphatic hydroxyl groups excluding tert-OH is 2. The van der Waals surface area contributed by atoms with Gasteiger partial charge in [0.15, 0.2) is 0 Å². The lowest BCUT2D eigenvalue weighted by molar-refractivity contribution is -0.888. The number of likely N-dealkylation sites (N-methyl/N-ethyl adjacent to an activating group) is 2. The van der Waals surface area contributed by atoms with Crippen LogP contribution in [0, 0.1) is 0 Å². The molecule has 4 atom stereocenters. The molecule has 0 saturated carbocycles. The topological polar surface area (TPSA) is 198 Å². The van der Waals surface area contributed by atoms with Gasteiger partial charge in [0, 0.05) is 38.5 Å². The molecule has 0 heterocycles. The molecular formula is C67H128N2O14+2.